The van der Waals surface area contributed by atoms with E-state index < -0.39 is 14.7 Å². The number of halogens is 1. The first-order valence-corrected chi connectivity index (χ1v) is 12.2. The van der Waals surface area contributed by atoms with Crippen molar-refractivity contribution in [1.29, 1.82) is 0 Å². The minimum atomic E-state index is -1.55. The average Bonchev–Trinajstić information content (AvgIpc) is 1.79. The molecule has 1 nitrogen and oxygen atoms in total. The van der Waals surface area contributed by atoms with Crippen molar-refractivity contribution in [3.8, 4) is 0 Å². The van der Waals surface area contributed by atoms with Crippen LogP contribution in [0.3, 0.4) is 0 Å². The van der Waals surface area contributed by atoms with Gasteiger partial charge in [0.25, 0.3) is 0 Å². The SMILES string of the molecule is CC1(C)CC[Si](C)(Cl)[Si](C)(C)O1. The average molecular weight is 223 g/mol. The van der Waals surface area contributed by atoms with Crippen LogP contribution in [0.2, 0.25) is 25.7 Å². The molecule has 72 valence electrons. The lowest BCUT2D eigenvalue weighted by Crippen LogP contribution is -2.62. The first-order valence-electron chi connectivity index (χ1n) is 4.55. The van der Waals surface area contributed by atoms with Crippen molar-refractivity contribution in [3.05, 3.63) is 0 Å². The second-order valence-electron chi connectivity index (χ2n) is 5.07. The minimum absolute atomic E-state index is 0.0805. The van der Waals surface area contributed by atoms with E-state index in [0.29, 0.717) is 0 Å². The van der Waals surface area contributed by atoms with Crippen molar-refractivity contribution >= 4 is 25.8 Å². The van der Waals surface area contributed by atoms with Crippen LogP contribution in [-0.2, 0) is 4.43 Å². The predicted molar refractivity (Wildman–Crippen MR) is 59.5 cm³/mol. The smallest absolute Gasteiger partial charge is 0.192 e. The Bertz CT molecular complexity index is 189. The van der Waals surface area contributed by atoms with Crippen molar-refractivity contribution < 1.29 is 4.43 Å². The van der Waals surface area contributed by atoms with E-state index in [-0.39, 0.29) is 5.60 Å². The summed E-state index contributed by atoms with van der Waals surface area (Å²) in [5, 5.41) is 0. The summed E-state index contributed by atoms with van der Waals surface area (Å²) in [5.74, 6) is 0. The van der Waals surface area contributed by atoms with Crippen LogP contribution < -0.4 is 0 Å². The number of hydrogen-bond acceptors (Lipinski definition) is 1. The van der Waals surface area contributed by atoms with E-state index in [1.807, 2.05) is 0 Å². The van der Waals surface area contributed by atoms with E-state index >= 15 is 0 Å². The molecule has 0 aliphatic carbocycles. The Morgan fingerprint density at radius 3 is 2.08 bits per heavy atom. The summed E-state index contributed by atoms with van der Waals surface area (Å²) in [6, 6.07) is 1.22. The quantitative estimate of drug-likeness (QED) is 0.452. The van der Waals surface area contributed by atoms with Crippen molar-refractivity contribution in [1.82, 2.24) is 0 Å². The molecule has 1 fully saturated rings. The highest BCUT2D eigenvalue weighted by atomic mass is 35.6. The maximum Gasteiger partial charge on any atom is 0.192 e. The third-order valence-corrected chi connectivity index (χ3v) is 21.0. The van der Waals surface area contributed by atoms with Crippen molar-refractivity contribution in [2.75, 3.05) is 0 Å². The summed E-state index contributed by atoms with van der Waals surface area (Å²) in [4.78, 5) is 0. The van der Waals surface area contributed by atoms with Crippen LogP contribution in [0.25, 0.3) is 0 Å². The van der Waals surface area contributed by atoms with Crippen LogP contribution in [0.15, 0.2) is 0 Å². The summed E-state index contributed by atoms with van der Waals surface area (Å²) in [6.07, 6.45) is 1.13. The fraction of sp³-hybridized carbons (Fsp3) is 1.00. The van der Waals surface area contributed by atoms with Gasteiger partial charge in [0, 0.05) is 0 Å². The van der Waals surface area contributed by atoms with E-state index in [1.54, 1.807) is 0 Å². The van der Waals surface area contributed by atoms with Gasteiger partial charge in [0.15, 0.2) is 14.7 Å². The Morgan fingerprint density at radius 2 is 1.75 bits per heavy atom. The molecule has 0 saturated carbocycles. The van der Waals surface area contributed by atoms with Gasteiger partial charge in [0.2, 0.25) is 0 Å². The van der Waals surface area contributed by atoms with Crippen LogP contribution >= 0.6 is 11.1 Å². The van der Waals surface area contributed by atoms with Crippen molar-refractivity contribution in [2.24, 2.45) is 0 Å². The molecule has 12 heavy (non-hydrogen) atoms. The topological polar surface area (TPSA) is 9.23 Å². The number of rotatable bonds is 0. The van der Waals surface area contributed by atoms with Gasteiger partial charge in [-0.15, -0.1) is 0 Å². The standard InChI is InChI=1S/C8H19ClOSi2/c1-8(2)6-7-12(5,9)11(3,4)10-8/h6-7H2,1-5H3. The zero-order valence-electron chi connectivity index (χ0n) is 8.70. The van der Waals surface area contributed by atoms with Gasteiger partial charge in [0.05, 0.1) is 5.60 Å². The fourth-order valence-electron chi connectivity index (χ4n) is 1.68. The van der Waals surface area contributed by atoms with Crippen LogP contribution in [-0.4, -0.2) is 20.3 Å². The van der Waals surface area contributed by atoms with Gasteiger partial charge in [-0.3, -0.25) is 0 Å². The monoisotopic (exact) mass is 222 g/mol. The van der Waals surface area contributed by atoms with Crippen LogP contribution in [0.5, 0.6) is 0 Å². The Kier molecular flexibility index (Phi) is 2.54. The predicted octanol–water partition coefficient (Wildman–Crippen LogP) is 3.28. The first kappa shape index (κ1) is 10.8. The highest BCUT2D eigenvalue weighted by Gasteiger charge is 2.52. The van der Waals surface area contributed by atoms with E-state index in [4.69, 9.17) is 15.5 Å². The summed E-state index contributed by atoms with van der Waals surface area (Å²) >= 11 is 6.57. The zero-order valence-corrected chi connectivity index (χ0v) is 11.5. The van der Waals surface area contributed by atoms with Crippen molar-refractivity contribution in [3.63, 3.8) is 0 Å². The van der Waals surface area contributed by atoms with Gasteiger partial charge in [-0.2, -0.15) is 11.1 Å². The maximum absolute atomic E-state index is 6.57. The summed E-state index contributed by atoms with van der Waals surface area (Å²) in [6.45, 7) is 9.65. The van der Waals surface area contributed by atoms with Gasteiger partial charge >= 0.3 is 0 Å². The molecule has 0 bridgehead atoms. The fourth-order valence-corrected chi connectivity index (χ4v) is 9.33. The van der Waals surface area contributed by atoms with Crippen LogP contribution in [0.4, 0.5) is 0 Å². The van der Waals surface area contributed by atoms with E-state index in [1.165, 1.54) is 6.04 Å². The maximum atomic E-state index is 6.57. The highest BCUT2D eigenvalue weighted by molar-refractivity contribution is 7.57. The second kappa shape index (κ2) is 2.84. The van der Waals surface area contributed by atoms with Crippen molar-refractivity contribution in [2.45, 2.75) is 51.6 Å². The Hall–Kier alpha value is 0.684. The highest BCUT2D eigenvalue weighted by Crippen LogP contribution is 2.40. The molecule has 1 atom stereocenters. The van der Waals surface area contributed by atoms with Gasteiger partial charge < -0.3 is 4.43 Å². The summed E-state index contributed by atoms with van der Waals surface area (Å²) in [7, 11) is -1.55. The largest absolute Gasteiger partial charge is 0.414 e. The first-order chi connectivity index (χ1) is 5.16. The molecule has 0 aromatic carbocycles. The molecule has 0 radical (unpaired) electrons. The molecule has 4 heteroatoms. The molecule has 0 N–H and O–H groups in total. The molecule has 1 aliphatic heterocycles. The lowest BCUT2D eigenvalue weighted by Gasteiger charge is -2.47. The molecule has 0 amide bonds. The Balaban J connectivity index is 2.82. The normalized spacial score (nSPS) is 39.5. The van der Waals surface area contributed by atoms with Gasteiger partial charge in [-0.05, 0) is 39.4 Å². The van der Waals surface area contributed by atoms with Crippen LogP contribution in [0.1, 0.15) is 20.3 Å². The summed E-state index contributed by atoms with van der Waals surface area (Å²) in [5.41, 5.74) is 0.0805. The third-order valence-electron chi connectivity index (χ3n) is 2.98. The molecule has 0 spiro atoms. The third kappa shape index (κ3) is 1.95. The lowest BCUT2D eigenvalue weighted by atomic mass is 10.1. The lowest BCUT2D eigenvalue weighted by molar-refractivity contribution is 0.0940. The molecule has 1 saturated heterocycles. The molecule has 1 heterocycles. The molecule has 0 aromatic heterocycles. The molecular weight excluding hydrogens is 204 g/mol. The Morgan fingerprint density at radius 1 is 1.25 bits per heavy atom. The Labute approximate surface area is 82.1 Å². The van der Waals surface area contributed by atoms with E-state index in [0.717, 1.165) is 6.42 Å². The second-order valence-corrected chi connectivity index (χ2v) is 21.6. The van der Waals surface area contributed by atoms with Crippen LogP contribution in [0, 0.1) is 0 Å². The van der Waals surface area contributed by atoms with E-state index in [9.17, 15) is 0 Å². The molecule has 1 aliphatic rings. The van der Waals surface area contributed by atoms with E-state index in [2.05, 4.69) is 33.5 Å². The van der Waals surface area contributed by atoms with Gasteiger partial charge in [0.1, 0.15) is 0 Å². The summed E-state index contributed by atoms with van der Waals surface area (Å²) < 4.78 is 6.15. The zero-order chi connectivity index (χ0) is 9.62. The molecule has 0 aromatic rings. The van der Waals surface area contributed by atoms with Gasteiger partial charge in [-0.25, -0.2) is 0 Å². The number of hydrogen-bond donors (Lipinski definition) is 0. The molecular formula is C8H19ClOSi2. The van der Waals surface area contributed by atoms with Gasteiger partial charge in [-0.1, -0.05) is 6.55 Å². The minimum Gasteiger partial charge on any atom is -0.414 e. The molecule has 1 rings (SSSR count). The molecule has 1 unspecified atom stereocenters.